The first kappa shape index (κ1) is 9.71. The summed E-state index contributed by atoms with van der Waals surface area (Å²) in [7, 11) is 0. The summed E-state index contributed by atoms with van der Waals surface area (Å²) in [6, 6.07) is 3.66. The first-order valence-corrected chi connectivity index (χ1v) is 4.49. The van der Waals surface area contributed by atoms with Crippen molar-refractivity contribution in [2.24, 2.45) is 0 Å². The van der Waals surface area contributed by atoms with Crippen LogP contribution in [0.3, 0.4) is 0 Å². The highest BCUT2D eigenvalue weighted by Gasteiger charge is 2.04. The number of nitrogens with two attached hydrogens (primary N) is 2. The summed E-state index contributed by atoms with van der Waals surface area (Å²) in [5, 5.41) is 0. The molecule has 0 aromatic heterocycles. The Kier molecular flexibility index (Phi) is 3.01. The van der Waals surface area contributed by atoms with Crippen molar-refractivity contribution in [1.82, 2.24) is 0 Å². The van der Waals surface area contributed by atoms with E-state index >= 15 is 0 Å². The lowest BCUT2D eigenvalue weighted by molar-refractivity contribution is 0.337. The number of rotatable bonds is 3. The number of nitrogen functional groups attached to an aromatic ring is 2. The quantitative estimate of drug-likeness (QED) is 0.697. The van der Waals surface area contributed by atoms with Gasteiger partial charge in [0.15, 0.2) is 0 Å². The molecule has 0 atom stereocenters. The molecule has 72 valence electrons. The maximum Gasteiger partial charge on any atom is 0.124 e. The highest BCUT2D eigenvalue weighted by atomic mass is 16.5. The first-order chi connectivity index (χ1) is 6.19. The number of aryl methyl sites for hydroxylation is 1. The second-order valence-electron chi connectivity index (χ2n) is 2.88. The van der Waals surface area contributed by atoms with E-state index in [0.29, 0.717) is 18.0 Å². The van der Waals surface area contributed by atoms with Crippen LogP contribution in [0.15, 0.2) is 12.1 Å². The lowest BCUT2D eigenvalue weighted by atomic mass is 10.1. The molecule has 0 bridgehead atoms. The van der Waals surface area contributed by atoms with Crippen molar-refractivity contribution in [3.8, 4) is 5.75 Å². The molecule has 0 aliphatic rings. The van der Waals surface area contributed by atoms with E-state index in [0.717, 1.165) is 17.7 Å². The van der Waals surface area contributed by atoms with Gasteiger partial charge in [0.05, 0.1) is 18.0 Å². The van der Waals surface area contributed by atoms with Crippen molar-refractivity contribution in [1.29, 1.82) is 0 Å². The highest BCUT2D eigenvalue weighted by molar-refractivity contribution is 5.67. The van der Waals surface area contributed by atoms with Gasteiger partial charge in [0.25, 0.3) is 0 Å². The highest BCUT2D eigenvalue weighted by Crippen LogP contribution is 2.27. The van der Waals surface area contributed by atoms with Crippen LogP contribution in [-0.4, -0.2) is 6.61 Å². The van der Waals surface area contributed by atoms with Crippen molar-refractivity contribution in [3.05, 3.63) is 17.7 Å². The van der Waals surface area contributed by atoms with E-state index in [1.165, 1.54) is 0 Å². The Morgan fingerprint density at radius 2 is 1.77 bits per heavy atom. The van der Waals surface area contributed by atoms with Crippen LogP contribution >= 0.6 is 0 Å². The number of ether oxygens (including phenoxy) is 1. The molecule has 3 nitrogen and oxygen atoms in total. The van der Waals surface area contributed by atoms with Crippen LogP contribution in [0.4, 0.5) is 11.4 Å². The van der Waals surface area contributed by atoms with Gasteiger partial charge in [-0.3, -0.25) is 0 Å². The molecule has 1 aromatic rings. The molecule has 0 aliphatic heterocycles. The Balaban J connectivity index is 3.09. The maximum absolute atomic E-state index is 5.68. The van der Waals surface area contributed by atoms with Crippen molar-refractivity contribution in [2.75, 3.05) is 18.1 Å². The molecule has 1 aromatic carbocycles. The first-order valence-electron chi connectivity index (χ1n) is 4.49. The van der Waals surface area contributed by atoms with Crippen LogP contribution in [0.5, 0.6) is 5.75 Å². The van der Waals surface area contributed by atoms with E-state index < -0.39 is 0 Å². The number of anilines is 2. The summed E-state index contributed by atoms with van der Waals surface area (Å²) in [6.07, 6.45) is 0.903. The van der Waals surface area contributed by atoms with Gasteiger partial charge >= 0.3 is 0 Å². The Hall–Kier alpha value is -1.38. The Morgan fingerprint density at radius 1 is 1.15 bits per heavy atom. The molecule has 0 unspecified atom stereocenters. The van der Waals surface area contributed by atoms with Crippen LogP contribution in [0.1, 0.15) is 19.4 Å². The fourth-order valence-electron chi connectivity index (χ4n) is 1.23. The molecule has 0 aliphatic carbocycles. The van der Waals surface area contributed by atoms with Crippen LogP contribution in [0.25, 0.3) is 0 Å². The minimum atomic E-state index is 0.584. The molecule has 1 rings (SSSR count). The van der Waals surface area contributed by atoms with Crippen LogP contribution in [0, 0.1) is 0 Å². The fourth-order valence-corrected chi connectivity index (χ4v) is 1.23. The van der Waals surface area contributed by atoms with Gasteiger partial charge in [-0.05, 0) is 25.0 Å². The number of benzene rings is 1. The van der Waals surface area contributed by atoms with Gasteiger partial charge in [-0.2, -0.15) is 0 Å². The summed E-state index contributed by atoms with van der Waals surface area (Å²) < 4.78 is 5.43. The van der Waals surface area contributed by atoms with Crippen molar-refractivity contribution >= 4 is 11.4 Å². The van der Waals surface area contributed by atoms with E-state index in [2.05, 4.69) is 6.92 Å². The summed E-state index contributed by atoms with van der Waals surface area (Å²) in [6.45, 7) is 4.66. The fraction of sp³-hybridized carbons (Fsp3) is 0.400. The standard InChI is InChI=1S/C10H16N2O/c1-3-7-5-8(11)9(12)6-10(7)13-4-2/h5-6H,3-4,11-12H2,1-2H3. The summed E-state index contributed by atoms with van der Waals surface area (Å²) in [4.78, 5) is 0. The van der Waals surface area contributed by atoms with Crippen LogP contribution < -0.4 is 16.2 Å². The molecule has 0 spiro atoms. The monoisotopic (exact) mass is 180 g/mol. The zero-order valence-electron chi connectivity index (χ0n) is 8.13. The lowest BCUT2D eigenvalue weighted by Crippen LogP contribution is -2.01. The van der Waals surface area contributed by atoms with Gasteiger partial charge in [0, 0.05) is 6.07 Å². The number of hydrogen-bond donors (Lipinski definition) is 2. The molecular formula is C10H16N2O. The van der Waals surface area contributed by atoms with Crippen molar-refractivity contribution in [3.63, 3.8) is 0 Å². The Morgan fingerprint density at radius 3 is 2.31 bits per heavy atom. The Bertz CT molecular complexity index is 297. The predicted molar refractivity (Wildman–Crippen MR) is 55.8 cm³/mol. The van der Waals surface area contributed by atoms with E-state index in [1.807, 2.05) is 13.0 Å². The zero-order chi connectivity index (χ0) is 9.84. The van der Waals surface area contributed by atoms with Gasteiger partial charge < -0.3 is 16.2 Å². The summed E-state index contributed by atoms with van der Waals surface area (Å²) in [5.74, 6) is 0.844. The second kappa shape index (κ2) is 4.03. The summed E-state index contributed by atoms with van der Waals surface area (Å²) in [5.41, 5.74) is 13.7. The van der Waals surface area contributed by atoms with Crippen LogP contribution in [0.2, 0.25) is 0 Å². The maximum atomic E-state index is 5.68. The average molecular weight is 180 g/mol. The SMILES string of the molecule is CCOc1cc(N)c(N)cc1CC. The van der Waals surface area contributed by atoms with E-state index in [4.69, 9.17) is 16.2 Å². The minimum Gasteiger partial charge on any atom is -0.494 e. The van der Waals surface area contributed by atoms with E-state index in [9.17, 15) is 0 Å². The lowest BCUT2D eigenvalue weighted by Gasteiger charge is -2.11. The van der Waals surface area contributed by atoms with Crippen molar-refractivity contribution in [2.45, 2.75) is 20.3 Å². The van der Waals surface area contributed by atoms with Crippen molar-refractivity contribution < 1.29 is 4.74 Å². The van der Waals surface area contributed by atoms with Crippen LogP contribution in [-0.2, 0) is 6.42 Å². The molecule has 0 radical (unpaired) electrons. The molecule has 13 heavy (non-hydrogen) atoms. The average Bonchev–Trinajstić information content (AvgIpc) is 2.11. The molecular weight excluding hydrogens is 164 g/mol. The third kappa shape index (κ3) is 2.05. The van der Waals surface area contributed by atoms with E-state index in [1.54, 1.807) is 6.07 Å². The normalized spacial score (nSPS) is 10.0. The van der Waals surface area contributed by atoms with Gasteiger partial charge in [-0.25, -0.2) is 0 Å². The molecule has 0 saturated carbocycles. The molecule has 4 N–H and O–H groups in total. The largest absolute Gasteiger partial charge is 0.494 e. The Labute approximate surface area is 78.7 Å². The number of hydrogen-bond acceptors (Lipinski definition) is 3. The summed E-state index contributed by atoms with van der Waals surface area (Å²) >= 11 is 0. The third-order valence-electron chi connectivity index (χ3n) is 1.95. The molecule has 0 fully saturated rings. The smallest absolute Gasteiger partial charge is 0.124 e. The van der Waals surface area contributed by atoms with Gasteiger partial charge in [-0.1, -0.05) is 6.92 Å². The third-order valence-corrected chi connectivity index (χ3v) is 1.95. The predicted octanol–water partition coefficient (Wildman–Crippen LogP) is 1.81. The second-order valence-corrected chi connectivity index (χ2v) is 2.88. The molecule has 0 heterocycles. The van der Waals surface area contributed by atoms with Gasteiger partial charge in [-0.15, -0.1) is 0 Å². The minimum absolute atomic E-state index is 0.584. The van der Waals surface area contributed by atoms with Gasteiger partial charge in [0.1, 0.15) is 5.75 Å². The van der Waals surface area contributed by atoms with Gasteiger partial charge in [0.2, 0.25) is 0 Å². The molecule has 0 amide bonds. The molecule has 3 heteroatoms. The zero-order valence-corrected chi connectivity index (χ0v) is 8.13. The molecule has 0 saturated heterocycles. The topological polar surface area (TPSA) is 61.3 Å². The van der Waals surface area contributed by atoms with E-state index in [-0.39, 0.29) is 0 Å².